The molecule has 0 amide bonds. The average molecular weight is 289 g/mol. The summed E-state index contributed by atoms with van der Waals surface area (Å²) in [5.74, 6) is 0.540. The van der Waals surface area contributed by atoms with Gasteiger partial charge in [0.25, 0.3) is 0 Å². The first-order chi connectivity index (χ1) is 10.1. The van der Waals surface area contributed by atoms with Crippen molar-refractivity contribution in [2.45, 2.75) is 45.3 Å². The zero-order valence-electron chi connectivity index (χ0n) is 12.8. The van der Waals surface area contributed by atoms with Crippen LogP contribution < -0.4 is 4.74 Å². The van der Waals surface area contributed by atoms with E-state index in [-0.39, 0.29) is 5.97 Å². The van der Waals surface area contributed by atoms with Crippen molar-refractivity contribution >= 4 is 5.97 Å². The molecule has 1 aromatic rings. The monoisotopic (exact) mass is 289 g/mol. The molecule has 1 saturated heterocycles. The number of esters is 1. The molecule has 21 heavy (non-hydrogen) atoms. The first kappa shape index (κ1) is 14.5. The zero-order chi connectivity index (χ0) is 14.8. The first-order valence-electron chi connectivity index (χ1n) is 7.77. The van der Waals surface area contributed by atoms with Gasteiger partial charge in [0, 0.05) is 12.6 Å². The molecule has 4 heteroatoms. The topological polar surface area (TPSA) is 38.8 Å². The molecule has 3 rings (SSSR count). The van der Waals surface area contributed by atoms with Crippen molar-refractivity contribution < 1.29 is 14.3 Å². The number of carbonyl (C=O) groups is 1. The molecule has 0 aromatic heterocycles. The molecule has 2 aliphatic rings. The van der Waals surface area contributed by atoms with Gasteiger partial charge in [-0.15, -0.1) is 0 Å². The van der Waals surface area contributed by atoms with Gasteiger partial charge in [-0.3, -0.25) is 9.69 Å². The van der Waals surface area contributed by atoms with Crippen molar-refractivity contribution in [3.8, 4) is 5.75 Å². The van der Waals surface area contributed by atoms with Crippen molar-refractivity contribution in [2.75, 3.05) is 19.7 Å². The van der Waals surface area contributed by atoms with E-state index in [1.165, 1.54) is 6.42 Å². The van der Waals surface area contributed by atoms with Gasteiger partial charge in [-0.1, -0.05) is 18.2 Å². The second-order valence-electron chi connectivity index (χ2n) is 6.07. The molecule has 4 nitrogen and oxygen atoms in total. The third kappa shape index (κ3) is 3.11. The van der Waals surface area contributed by atoms with Gasteiger partial charge in [-0.2, -0.15) is 0 Å². The highest BCUT2D eigenvalue weighted by Crippen LogP contribution is 2.29. The second-order valence-corrected chi connectivity index (χ2v) is 6.07. The summed E-state index contributed by atoms with van der Waals surface area (Å²) in [4.78, 5) is 14.5. The summed E-state index contributed by atoms with van der Waals surface area (Å²) >= 11 is 0. The Kier molecular flexibility index (Phi) is 4.27. The van der Waals surface area contributed by atoms with E-state index in [9.17, 15) is 4.79 Å². The van der Waals surface area contributed by atoms with Crippen molar-refractivity contribution in [1.29, 1.82) is 0 Å². The maximum Gasteiger partial charge on any atom is 0.325 e. The van der Waals surface area contributed by atoms with Gasteiger partial charge in [0.2, 0.25) is 0 Å². The van der Waals surface area contributed by atoms with Crippen LogP contribution in [-0.2, 0) is 9.53 Å². The summed E-state index contributed by atoms with van der Waals surface area (Å²) in [6.45, 7) is 5.84. The third-order valence-electron chi connectivity index (χ3n) is 4.55. The SMILES string of the molecule is Cc1cccc(C)c1OC(=O)CN1CCOC2CCCC21. The minimum absolute atomic E-state index is 0.167. The number of rotatable bonds is 3. The Bertz CT molecular complexity index is 509. The average Bonchev–Trinajstić information content (AvgIpc) is 2.93. The molecule has 2 atom stereocenters. The van der Waals surface area contributed by atoms with Crippen molar-refractivity contribution in [1.82, 2.24) is 4.90 Å². The summed E-state index contributed by atoms with van der Waals surface area (Å²) in [5.41, 5.74) is 2.01. The summed E-state index contributed by atoms with van der Waals surface area (Å²) in [6.07, 6.45) is 3.75. The number of para-hydroxylation sites is 1. The Hall–Kier alpha value is -1.39. The predicted molar refractivity (Wildman–Crippen MR) is 80.5 cm³/mol. The van der Waals surface area contributed by atoms with Crippen LogP contribution in [0.1, 0.15) is 30.4 Å². The lowest BCUT2D eigenvalue weighted by Crippen LogP contribution is -2.50. The van der Waals surface area contributed by atoms with Crippen LogP contribution in [0.15, 0.2) is 18.2 Å². The van der Waals surface area contributed by atoms with Gasteiger partial charge >= 0.3 is 5.97 Å². The first-order valence-corrected chi connectivity index (χ1v) is 7.77. The van der Waals surface area contributed by atoms with Gasteiger partial charge in [-0.25, -0.2) is 0 Å². The minimum Gasteiger partial charge on any atom is -0.425 e. The number of hydrogen-bond acceptors (Lipinski definition) is 4. The fourth-order valence-electron chi connectivity index (χ4n) is 3.47. The van der Waals surface area contributed by atoms with E-state index >= 15 is 0 Å². The molecule has 114 valence electrons. The number of hydrogen-bond donors (Lipinski definition) is 0. The van der Waals surface area contributed by atoms with E-state index in [1.807, 2.05) is 32.0 Å². The molecular weight excluding hydrogens is 266 g/mol. The Morgan fingerprint density at radius 2 is 2.10 bits per heavy atom. The van der Waals surface area contributed by atoms with Crippen LogP contribution in [0.3, 0.4) is 0 Å². The highest BCUT2D eigenvalue weighted by Gasteiger charge is 2.36. The van der Waals surface area contributed by atoms with Crippen LogP contribution in [0.2, 0.25) is 0 Å². The Morgan fingerprint density at radius 3 is 2.86 bits per heavy atom. The normalized spacial score (nSPS) is 25.6. The van der Waals surface area contributed by atoms with Crippen LogP contribution in [-0.4, -0.2) is 42.7 Å². The van der Waals surface area contributed by atoms with Crippen molar-refractivity contribution in [3.63, 3.8) is 0 Å². The summed E-state index contributed by atoms with van der Waals surface area (Å²) in [6, 6.07) is 6.31. The molecule has 1 saturated carbocycles. The number of fused-ring (bicyclic) bond motifs is 1. The van der Waals surface area contributed by atoms with E-state index in [2.05, 4.69) is 4.90 Å². The van der Waals surface area contributed by atoms with Gasteiger partial charge in [0.15, 0.2) is 0 Å². The number of morpholine rings is 1. The van der Waals surface area contributed by atoms with E-state index in [4.69, 9.17) is 9.47 Å². The molecule has 0 N–H and O–H groups in total. The minimum atomic E-state index is -0.167. The molecule has 0 spiro atoms. The van der Waals surface area contributed by atoms with E-state index in [0.717, 1.165) is 37.1 Å². The molecule has 1 aromatic carbocycles. The van der Waals surface area contributed by atoms with E-state index < -0.39 is 0 Å². The van der Waals surface area contributed by atoms with Crippen LogP contribution in [0.25, 0.3) is 0 Å². The summed E-state index contributed by atoms with van der Waals surface area (Å²) in [7, 11) is 0. The van der Waals surface area contributed by atoms with E-state index in [0.29, 0.717) is 24.4 Å². The van der Waals surface area contributed by atoms with Gasteiger partial charge in [0.1, 0.15) is 5.75 Å². The molecule has 0 bridgehead atoms. The number of ether oxygens (including phenoxy) is 2. The van der Waals surface area contributed by atoms with Crippen LogP contribution in [0, 0.1) is 13.8 Å². The molecule has 1 aliphatic carbocycles. The van der Waals surface area contributed by atoms with Crippen molar-refractivity contribution in [3.05, 3.63) is 29.3 Å². The molecule has 2 fully saturated rings. The standard InChI is InChI=1S/C17H23NO3/c1-12-5-3-6-13(2)17(12)21-16(19)11-18-9-10-20-15-8-4-7-14(15)18/h3,5-6,14-15H,4,7-11H2,1-2H3. The fourth-order valence-corrected chi connectivity index (χ4v) is 3.47. The van der Waals surface area contributed by atoms with Gasteiger partial charge in [-0.05, 0) is 44.2 Å². The molecular formula is C17H23NO3. The second kappa shape index (κ2) is 6.16. The Balaban J connectivity index is 1.64. The highest BCUT2D eigenvalue weighted by molar-refractivity contribution is 5.75. The number of aryl methyl sites for hydroxylation is 2. The molecule has 1 heterocycles. The lowest BCUT2D eigenvalue weighted by atomic mass is 10.1. The van der Waals surface area contributed by atoms with E-state index in [1.54, 1.807) is 0 Å². The maximum absolute atomic E-state index is 12.3. The van der Waals surface area contributed by atoms with Crippen LogP contribution >= 0.6 is 0 Å². The lowest BCUT2D eigenvalue weighted by Gasteiger charge is -2.36. The zero-order valence-corrected chi connectivity index (χ0v) is 12.8. The Labute approximate surface area is 126 Å². The largest absolute Gasteiger partial charge is 0.425 e. The van der Waals surface area contributed by atoms with Gasteiger partial charge < -0.3 is 9.47 Å². The summed E-state index contributed by atoms with van der Waals surface area (Å²) < 4.78 is 11.4. The Morgan fingerprint density at radius 1 is 1.33 bits per heavy atom. The van der Waals surface area contributed by atoms with Crippen molar-refractivity contribution in [2.24, 2.45) is 0 Å². The molecule has 2 unspecified atom stereocenters. The van der Waals surface area contributed by atoms with Crippen LogP contribution in [0.5, 0.6) is 5.75 Å². The number of benzene rings is 1. The number of nitrogens with zero attached hydrogens (tertiary/aromatic N) is 1. The maximum atomic E-state index is 12.3. The molecule has 1 aliphatic heterocycles. The smallest absolute Gasteiger partial charge is 0.325 e. The highest BCUT2D eigenvalue weighted by atomic mass is 16.5. The van der Waals surface area contributed by atoms with Crippen LogP contribution in [0.4, 0.5) is 0 Å². The quantitative estimate of drug-likeness (QED) is 0.633. The summed E-state index contributed by atoms with van der Waals surface area (Å²) in [5, 5.41) is 0. The van der Waals surface area contributed by atoms with Gasteiger partial charge in [0.05, 0.1) is 19.3 Å². The third-order valence-corrected chi connectivity index (χ3v) is 4.55. The lowest BCUT2D eigenvalue weighted by molar-refractivity contribution is -0.139. The predicted octanol–water partition coefficient (Wildman–Crippen LogP) is 2.46. The fraction of sp³-hybridized carbons (Fsp3) is 0.588. The molecule has 0 radical (unpaired) electrons. The number of carbonyl (C=O) groups excluding carboxylic acids is 1.